The lowest BCUT2D eigenvalue weighted by Crippen LogP contribution is -2.55. The van der Waals surface area contributed by atoms with Crippen LogP contribution < -0.4 is 27.4 Å². The zero-order valence-electron chi connectivity index (χ0n) is 78.7. The van der Waals surface area contributed by atoms with Crippen molar-refractivity contribution in [2.45, 2.75) is 194 Å². The lowest BCUT2D eigenvalue weighted by Gasteiger charge is -2.59. The summed E-state index contributed by atoms with van der Waals surface area (Å²) in [6.45, 7) is 55.4. The third kappa shape index (κ3) is 15.6. The molecule has 4 aromatic carbocycles. The van der Waals surface area contributed by atoms with E-state index in [4.69, 9.17) is 9.78 Å². The number of hydrogen-bond donors (Lipinski definition) is 0. The molecule has 10 aromatic rings. The van der Waals surface area contributed by atoms with Crippen LogP contribution in [0.5, 0.6) is 0 Å². The molecule has 2 aliphatic heterocycles. The van der Waals surface area contributed by atoms with Crippen molar-refractivity contribution in [2.75, 3.05) is 0 Å². The fourth-order valence-corrected chi connectivity index (χ4v) is 18.7. The molecular formula is C114H134N6O2+6. The number of allylic oxidation sites excluding steroid dienone is 14. The topological polar surface area (TPSA) is 41.7 Å². The van der Waals surface area contributed by atoms with Crippen LogP contribution in [-0.2, 0) is 68.3 Å². The average molecular weight is 1620 g/mol. The van der Waals surface area contributed by atoms with Crippen LogP contribution in [0.15, 0.2) is 295 Å². The van der Waals surface area contributed by atoms with E-state index in [9.17, 15) is 0 Å². The Hall–Kier alpha value is -10.9. The molecule has 0 saturated heterocycles. The Bertz CT molecular complexity index is 6230. The molecule has 2 unspecified atom stereocenters. The van der Waals surface area contributed by atoms with Crippen LogP contribution in [0.4, 0.5) is 0 Å². The molecule has 122 heavy (non-hydrogen) atoms. The van der Waals surface area contributed by atoms with E-state index in [1.165, 1.54) is 155 Å². The highest BCUT2D eigenvalue weighted by Crippen LogP contribution is 2.71. The maximum atomic E-state index is 6.51. The summed E-state index contributed by atoms with van der Waals surface area (Å²) in [5.41, 5.74) is 34.0. The Labute approximate surface area is 730 Å². The molecule has 0 spiro atoms. The van der Waals surface area contributed by atoms with E-state index in [-0.39, 0.29) is 44.7 Å². The maximum absolute atomic E-state index is 6.51. The molecule has 0 radical (unpaired) electrons. The van der Waals surface area contributed by atoms with Gasteiger partial charge in [-0.15, -0.1) is 0 Å². The van der Waals surface area contributed by atoms with Crippen molar-refractivity contribution in [1.29, 1.82) is 0 Å². The molecule has 8 heteroatoms. The van der Waals surface area contributed by atoms with Gasteiger partial charge in [-0.25, -0.2) is 37.2 Å². The summed E-state index contributed by atoms with van der Waals surface area (Å²) in [6, 6.07) is 46.2. The van der Waals surface area contributed by atoms with E-state index in [0.717, 1.165) is 22.3 Å². The second kappa shape index (κ2) is 30.6. The maximum Gasteiger partial charge on any atom is 0.169 e. The first-order chi connectivity index (χ1) is 57.0. The molecule has 10 bridgehead atoms. The summed E-state index contributed by atoms with van der Waals surface area (Å²) in [5.74, 6) is 0. The van der Waals surface area contributed by atoms with Crippen molar-refractivity contribution < 1.29 is 38.6 Å². The van der Waals surface area contributed by atoms with Crippen LogP contribution in [0.1, 0.15) is 214 Å². The molecular weight excluding hydrogens is 1490 g/mol. The predicted molar refractivity (Wildman–Crippen MR) is 507 cm³/mol. The smallest absolute Gasteiger partial charge is 0.169 e. The molecule has 0 amide bonds. The fraction of sp³-hybridized carbons (Fsp3) is 0.351. The third-order valence-electron chi connectivity index (χ3n) is 27.7. The molecule has 626 valence electrons. The van der Waals surface area contributed by atoms with Crippen LogP contribution in [0.3, 0.4) is 0 Å². The van der Waals surface area contributed by atoms with Gasteiger partial charge in [0, 0.05) is 90.5 Å². The summed E-state index contributed by atoms with van der Waals surface area (Å²) in [4.78, 5) is 12.8. The summed E-state index contributed by atoms with van der Waals surface area (Å²) >= 11 is 0. The largest absolute Gasteiger partial charge is 0.220 e. The lowest BCUT2D eigenvalue weighted by molar-refractivity contribution is -0.671. The van der Waals surface area contributed by atoms with Crippen LogP contribution in [0.2, 0.25) is 0 Å². The van der Waals surface area contributed by atoms with Crippen molar-refractivity contribution in [1.82, 2.24) is 0 Å². The van der Waals surface area contributed by atoms with Crippen molar-refractivity contribution in [2.24, 2.45) is 69.4 Å². The van der Waals surface area contributed by atoms with Gasteiger partial charge in [-0.05, 0) is 281 Å². The van der Waals surface area contributed by atoms with E-state index < -0.39 is 11.2 Å². The minimum Gasteiger partial charge on any atom is -0.220 e. The summed E-state index contributed by atoms with van der Waals surface area (Å²) in [6.07, 6.45) is 50.2. The first-order valence-corrected chi connectivity index (χ1v) is 44.0. The van der Waals surface area contributed by atoms with E-state index in [2.05, 4.69) is 492 Å². The number of aromatic nitrogens is 6. The monoisotopic (exact) mass is 1620 g/mol. The second-order valence-corrected chi connectivity index (χ2v) is 42.7. The van der Waals surface area contributed by atoms with Gasteiger partial charge in [0.1, 0.15) is 47.9 Å². The minimum atomic E-state index is -0.793. The number of benzene rings is 3. The van der Waals surface area contributed by atoms with Gasteiger partial charge >= 0.3 is 0 Å². The highest BCUT2D eigenvalue weighted by Gasteiger charge is 2.60. The van der Waals surface area contributed by atoms with E-state index >= 15 is 0 Å². The Morgan fingerprint density at radius 1 is 0.303 bits per heavy atom. The van der Waals surface area contributed by atoms with Crippen LogP contribution >= 0.6 is 0 Å². The van der Waals surface area contributed by atoms with Crippen LogP contribution in [0, 0.1) is 47.8 Å². The van der Waals surface area contributed by atoms with Crippen LogP contribution in [-0.4, -0.2) is 11.2 Å². The SMILES string of the molecule is C[n+]1ccc(C2=CC3=CC(C(C)(C)C)=CC4=C(c5cc[n+](C)cc5)C=C5C=C(C(C)(C)C)C=C2[C@@]5(C)[C@]34C)cc1.Cc1c2cc(C(C)(C)C)cc1/C(c1cc[n+](C)cc1)=C\C1=CC3(C(C)(C)C)C=C(C(c4cc[n+](C)cc4)=C2)C1(C)OO3.Cc1c2cc(C(C)(C)C)cc1c(-c1cc[n+](C)cc1)cc1cc(C(C)(C)C)cc(c(-c3cc[n+](C)cc3)c2)c1C.[2HH]. The highest BCUT2D eigenvalue weighted by atomic mass is 17.2. The molecule has 8 heterocycles. The molecule has 8 aliphatic rings. The van der Waals surface area contributed by atoms with Gasteiger partial charge in [-0.2, -0.15) is 0 Å². The normalized spacial score (nSPS) is 21.0. The van der Waals surface area contributed by atoms with Crippen molar-refractivity contribution in [3.05, 3.63) is 362 Å². The van der Waals surface area contributed by atoms with Crippen molar-refractivity contribution in [3.8, 4) is 22.3 Å². The van der Waals surface area contributed by atoms with Gasteiger partial charge in [0.15, 0.2) is 80.0 Å². The lowest BCUT2D eigenvalue weighted by atomic mass is 9.43. The van der Waals surface area contributed by atoms with Crippen molar-refractivity contribution in [3.63, 3.8) is 0 Å². The van der Waals surface area contributed by atoms with Gasteiger partial charge in [0.25, 0.3) is 0 Å². The molecule has 4 atom stereocenters. The van der Waals surface area contributed by atoms with Gasteiger partial charge in [0.05, 0.1) is 0 Å². The number of aryl methyl sites for hydroxylation is 8. The number of hydrogen-bond acceptors (Lipinski definition) is 2. The number of rotatable bonds is 6. The molecule has 6 aromatic heterocycles. The van der Waals surface area contributed by atoms with Gasteiger partial charge < -0.3 is 0 Å². The summed E-state index contributed by atoms with van der Waals surface area (Å²) < 4.78 is 12.6. The molecule has 0 saturated carbocycles. The third-order valence-corrected chi connectivity index (χ3v) is 27.7. The Morgan fingerprint density at radius 2 is 0.680 bits per heavy atom. The summed E-state index contributed by atoms with van der Waals surface area (Å²) in [7, 11) is 12.4. The molecule has 0 N–H and O–H groups in total. The first-order valence-electron chi connectivity index (χ1n) is 44.0. The average Bonchev–Trinajstić information content (AvgIpc) is 0.668. The molecule has 8 nitrogen and oxygen atoms in total. The molecule has 18 rings (SSSR count). The second-order valence-electron chi connectivity index (χ2n) is 42.7. The fourth-order valence-electron chi connectivity index (χ4n) is 18.7. The first kappa shape index (κ1) is 86.1. The van der Waals surface area contributed by atoms with Crippen molar-refractivity contribution >= 4 is 49.9 Å². The number of pyridine rings is 6. The minimum absolute atomic E-state index is 0. The Balaban J connectivity index is 0.000000150. The van der Waals surface area contributed by atoms with Gasteiger partial charge in [-0.3, -0.25) is 0 Å². The zero-order valence-corrected chi connectivity index (χ0v) is 78.7. The standard InChI is InChI=1S/C38H44N2O2.2C38H44N2.H2/c1-25-28-19-29(35(2,3)4)21-31(25)32(26-11-15-39(9)16-12-26)22-30-23-38(36(5,6)7)24-34(37(30,8)41-42-38)33(20-28)27-13-17-40(10)18-14-27;1-35(2,3)27-19-29-21-32(26-13-17-40(10)18-14-26)34-24-28(36(4,5)6)20-30-22-31(25-11-15-39(9)16-12-25)33(23-27)37(29,7)38(30,34)8;1-25-29-19-31(37(3,4)5)23-33(25)35(27-11-15-39(9)16-12-27)22-30-20-32(38(6,7)8)24-34(26(30)2)36(21-29)28-13-17-40(10)18-14-28;/h11-24H,1-10H3;2*11-24H,1-10H3;1H/q3*+2;/b32-22-,33-20?;;;/t;37-,38+;;/i;;;1+1. The summed E-state index contributed by atoms with van der Waals surface area (Å²) in [5, 5.41) is 5.16. The zero-order chi connectivity index (χ0) is 88.1. The van der Waals surface area contributed by atoms with Crippen LogP contribution in [0.25, 0.3) is 72.2 Å². The van der Waals surface area contributed by atoms with E-state index in [0.29, 0.717) is 0 Å². The van der Waals surface area contributed by atoms with Gasteiger partial charge in [0.2, 0.25) is 0 Å². The number of nitrogens with zero attached hydrogens (tertiary/aromatic N) is 6. The van der Waals surface area contributed by atoms with E-state index in [1.807, 2.05) is 0 Å². The molecule has 6 aliphatic carbocycles. The predicted octanol–water partition coefficient (Wildman–Crippen LogP) is 24.3. The van der Waals surface area contributed by atoms with E-state index in [1.54, 1.807) is 0 Å². The quantitative estimate of drug-likeness (QED) is 0.123. The number of fused-ring (bicyclic) bond motifs is 7. The Kier molecular flexibility index (Phi) is 21.6. The Morgan fingerprint density at radius 3 is 1.10 bits per heavy atom. The molecule has 0 fully saturated rings. The van der Waals surface area contributed by atoms with Gasteiger partial charge in [-0.1, -0.05) is 199 Å². The highest BCUT2D eigenvalue weighted by molar-refractivity contribution is 6.01.